The predicted molar refractivity (Wildman–Crippen MR) is 79.0 cm³/mol. The summed E-state index contributed by atoms with van der Waals surface area (Å²) in [4.78, 5) is 11.1. The molecule has 0 unspecified atom stereocenters. The van der Waals surface area contributed by atoms with Gasteiger partial charge in [0, 0.05) is 13.1 Å². The molecule has 0 amide bonds. The number of nitro groups is 1. The van der Waals surface area contributed by atoms with E-state index >= 15 is 0 Å². The van der Waals surface area contributed by atoms with E-state index in [2.05, 4.69) is 10.4 Å². The highest BCUT2D eigenvalue weighted by atomic mass is 16.6. The molecule has 0 aromatic carbocycles. The van der Waals surface area contributed by atoms with Gasteiger partial charge in [0.1, 0.15) is 5.69 Å². The Labute approximate surface area is 119 Å². The van der Waals surface area contributed by atoms with Crippen molar-refractivity contribution in [3.05, 3.63) is 15.8 Å². The van der Waals surface area contributed by atoms with Gasteiger partial charge in [-0.2, -0.15) is 5.10 Å². The molecule has 1 aromatic rings. The largest absolute Gasteiger partial charge is 0.362 e. The molecule has 0 saturated heterocycles. The van der Waals surface area contributed by atoms with Gasteiger partial charge in [0.15, 0.2) is 0 Å². The quantitative estimate of drug-likeness (QED) is 0.509. The number of anilines is 1. The molecule has 6 nitrogen and oxygen atoms in total. The maximum Gasteiger partial charge on any atom is 0.333 e. The number of nitrogens with zero attached hydrogens (tertiary/aromatic N) is 3. The maximum atomic E-state index is 11.4. The fourth-order valence-electron chi connectivity index (χ4n) is 2.94. The average Bonchev–Trinajstić information content (AvgIpc) is 2.58. The first-order chi connectivity index (χ1) is 9.63. The first-order valence-corrected chi connectivity index (χ1v) is 7.60. The molecule has 1 heterocycles. The SMILES string of the molecule is CCCc1nn(C)c(NC2CCCCCC2)c1[N+](=O)[O-]. The summed E-state index contributed by atoms with van der Waals surface area (Å²) in [6.07, 6.45) is 8.63. The Hall–Kier alpha value is -1.59. The van der Waals surface area contributed by atoms with Gasteiger partial charge < -0.3 is 5.32 Å². The molecule has 112 valence electrons. The minimum absolute atomic E-state index is 0.165. The number of hydrogen-bond donors (Lipinski definition) is 1. The van der Waals surface area contributed by atoms with Crippen LogP contribution in [-0.2, 0) is 13.5 Å². The molecule has 0 spiro atoms. The molecular formula is C14H24N4O2. The minimum Gasteiger partial charge on any atom is -0.362 e. The molecule has 20 heavy (non-hydrogen) atoms. The third-order valence-corrected chi connectivity index (χ3v) is 3.96. The van der Waals surface area contributed by atoms with E-state index in [1.807, 2.05) is 6.92 Å². The highest BCUT2D eigenvalue weighted by molar-refractivity contribution is 5.60. The zero-order valence-electron chi connectivity index (χ0n) is 12.4. The van der Waals surface area contributed by atoms with Gasteiger partial charge in [-0.3, -0.25) is 10.1 Å². The summed E-state index contributed by atoms with van der Waals surface area (Å²) in [5, 5.41) is 19.1. The van der Waals surface area contributed by atoms with Crippen LogP contribution in [0, 0.1) is 10.1 Å². The summed E-state index contributed by atoms with van der Waals surface area (Å²) in [5.41, 5.74) is 0.759. The van der Waals surface area contributed by atoms with Gasteiger partial charge in [-0.1, -0.05) is 39.0 Å². The predicted octanol–water partition coefficient (Wildman–Crippen LogP) is 3.42. The van der Waals surface area contributed by atoms with Crippen LogP contribution in [0.15, 0.2) is 0 Å². The minimum atomic E-state index is -0.295. The molecule has 1 aliphatic rings. The number of aromatic nitrogens is 2. The van der Waals surface area contributed by atoms with Crippen LogP contribution in [0.3, 0.4) is 0 Å². The van der Waals surface area contributed by atoms with Crippen LogP contribution in [0.2, 0.25) is 0 Å². The lowest BCUT2D eigenvalue weighted by atomic mass is 10.1. The number of rotatable bonds is 5. The van der Waals surface area contributed by atoms with Crippen molar-refractivity contribution in [3.8, 4) is 0 Å². The number of aryl methyl sites for hydroxylation is 2. The van der Waals surface area contributed by atoms with E-state index in [9.17, 15) is 10.1 Å². The summed E-state index contributed by atoms with van der Waals surface area (Å²) in [5.74, 6) is 0.574. The lowest BCUT2D eigenvalue weighted by Crippen LogP contribution is -2.20. The van der Waals surface area contributed by atoms with Crippen LogP contribution >= 0.6 is 0 Å². The first kappa shape index (κ1) is 14.8. The Morgan fingerprint density at radius 2 is 2.00 bits per heavy atom. The molecule has 0 bridgehead atoms. The van der Waals surface area contributed by atoms with E-state index in [4.69, 9.17) is 0 Å². The van der Waals surface area contributed by atoms with Crippen molar-refractivity contribution in [1.29, 1.82) is 0 Å². The van der Waals surface area contributed by atoms with Crippen molar-refractivity contribution >= 4 is 11.5 Å². The lowest BCUT2D eigenvalue weighted by molar-refractivity contribution is -0.384. The van der Waals surface area contributed by atoms with Crippen molar-refractivity contribution < 1.29 is 4.92 Å². The highest BCUT2D eigenvalue weighted by Crippen LogP contribution is 2.31. The Morgan fingerprint density at radius 3 is 2.55 bits per heavy atom. The normalized spacial score (nSPS) is 16.9. The summed E-state index contributed by atoms with van der Waals surface area (Å²) in [6, 6.07) is 0.334. The first-order valence-electron chi connectivity index (χ1n) is 7.60. The molecule has 1 N–H and O–H groups in total. The van der Waals surface area contributed by atoms with E-state index in [1.54, 1.807) is 11.7 Å². The second-order valence-electron chi connectivity index (χ2n) is 5.61. The summed E-state index contributed by atoms with van der Waals surface area (Å²) >= 11 is 0. The molecule has 6 heteroatoms. The van der Waals surface area contributed by atoms with Gasteiger partial charge in [-0.25, -0.2) is 4.68 Å². The van der Waals surface area contributed by atoms with Gasteiger partial charge in [-0.05, 0) is 19.3 Å². The highest BCUT2D eigenvalue weighted by Gasteiger charge is 2.27. The zero-order chi connectivity index (χ0) is 14.5. The topological polar surface area (TPSA) is 73.0 Å². The van der Waals surface area contributed by atoms with Crippen molar-refractivity contribution in [2.45, 2.75) is 64.3 Å². The van der Waals surface area contributed by atoms with Crippen LogP contribution in [0.5, 0.6) is 0 Å². The standard InChI is InChI=1S/C14H24N4O2/c1-3-8-12-13(18(19)20)14(17(2)16-12)15-11-9-6-4-5-7-10-11/h11,15H,3-10H2,1-2H3. The van der Waals surface area contributed by atoms with Gasteiger partial charge in [-0.15, -0.1) is 0 Å². The number of nitrogens with one attached hydrogen (secondary N) is 1. The summed E-state index contributed by atoms with van der Waals surface area (Å²) in [7, 11) is 1.78. The maximum absolute atomic E-state index is 11.4. The molecule has 1 aromatic heterocycles. The van der Waals surface area contributed by atoms with Gasteiger partial charge in [0.2, 0.25) is 5.82 Å². The molecule has 1 aliphatic carbocycles. The Kier molecular flexibility index (Phi) is 4.98. The average molecular weight is 280 g/mol. The van der Waals surface area contributed by atoms with E-state index in [0.29, 0.717) is 24.0 Å². The van der Waals surface area contributed by atoms with Gasteiger partial charge in [0.05, 0.1) is 4.92 Å². The van der Waals surface area contributed by atoms with Crippen molar-refractivity contribution in [2.75, 3.05) is 5.32 Å². The molecule has 1 saturated carbocycles. The van der Waals surface area contributed by atoms with Gasteiger partial charge >= 0.3 is 5.69 Å². The van der Waals surface area contributed by atoms with Crippen LogP contribution in [0.1, 0.15) is 57.6 Å². The van der Waals surface area contributed by atoms with Crippen LogP contribution < -0.4 is 5.32 Å². The second-order valence-corrected chi connectivity index (χ2v) is 5.61. The lowest BCUT2D eigenvalue weighted by Gasteiger charge is -2.16. The third kappa shape index (κ3) is 3.29. The number of hydrogen-bond acceptors (Lipinski definition) is 4. The monoisotopic (exact) mass is 280 g/mol. The van der Waals surface area contributed by atoms with Crippen molar-refractivity contribution in [2.24, 2.45) is 7.05 Å². The second kappa shape index (κ2) is 6.72. The van der Waals surface area contributed by atoms with E-state index in [-0.39, 0.29) is 10.6 Å². The van der Waals surface area contributed by atoms with Gasteiger partial charge in [0.25, 0.3) is 0 Å². The van der Waals surface area contributed by atoms with Crippen LogP contribution in [-0.4, -0.2) is 20.7 Å². The molecule has 0 radical (unpaired) electrons. The van der Waals surface area contributed by atoms with Crippen LogP contribution in [0.25, 0.3) is 0 Å². The molecular weight excluding hydrogens is 256 g/mol. The Balaban J connectivity index is 2.22. The van der Waals surface area contributed by atoms with E-state index in [0.717, 1.165) is 19.3 Å². The fraction of sp³-hybridized carbons (Fsp3) is 0.786. The summed E-state index contributed by atoms with van der Waals surface area (Å²) < 4.78 is 1.63. The summed E-state index contributed by atoms with van der Waals surface area (Å²) in [6.45, 7) is 2.01. The molecule has 1 fully saturated rings. The van der Waals surface area contributed by atoms with Crippen molar-refractivity contribution in [3.63, 3.8) is 0 Å². The molecule has 0 aliphatic heterocycles. The Bertz CT molecular complexity index is 462. The van der Waals surface area contributed by atoms with E-state index in [1.165, 1.54) is 25.7 Å². The smallest absolute Gasteiger partial charge is 0.333 e. The fourth-order valence-corrected chi connectivity index (χ4v) is 2.94. The van der Waals surface area contributed by atoms with Crippen molar-refractivity contribution in [1.82, 2.24) is 9.78 Å². The molecule has 0 atom stereocenters. The Morgan fingerprint density at radius 1 is 1.35 bits per heavy atom. The molecule has 2 rings (SSSR count). The van der Waals surface area contributed by atoms with E-state index < -0.39 is 0 Å². The third-order valence-electron chi connectivity index (χ3n) is 3.96. The van der Waals surface area contributed by atoms with Crippen LogP contribution in [0.4, 0.5) is 11.5 Å². The zero-order valence-corrected chi connectivity index (χ0v) is 12.4.